The van der Waals surface area contributed by atoms with Gasteiger partial charge in [0.1, 0.15) is 5.75 Å². The summed E-state index contributed by atoms with van der Waals surface area (Å²) in [4.78, 5) is 24.2. The lowest BCUT2D eigenvalue weighted by molar-refractivity contribution is 0.0734. The summed E-state index contributed by atoms with van der Waals surface area (Å²) in [7, 11) is 0. The van der Waals surface area contributed by atoms with Crippen LogP contribution in [0, 0.1) is 0 Å². The maximum Gasteiger partial charge on any atom is 0.343 e. The minimum atomic E-state index is -0.438. The zero-order chi connectivity index (χ0) is 19.1. The highest BCUT2D eigenvalue weighted by molar-refractivity contribution is 9.10. The summed E-state index contributed by atoms with van der Waals surface area (Å²) in [5.41, 5.74) is 4.10. The van der Waals surface area contributed by atoms with Crippen molar-refractivity contribution >= 4 is 34.0 Å². The van der Waals surface area contributed by atoms with Crippen LogP contribution in [-0.4, -0.2) is 18.1 Å². The van der Waals surface area contributed by atoms with Crippen molar-refractivity contribution < 1.29 is 14.3 Å². The van der Waals surface area contributed by atoms with Crippen LogP contribution in [0.5, 0.6) is 5.75 Å². The summed E-state index contributed by atoms with van der Waals surface area (Å²) in [6.07, 6.45) is 1.48. The molecule has 27 heavy (non-hydrogen) atoms. The van der Waals surface area contributed by atoms with Gasteiger partial charge < -0.3 is 4.74 Å². The van der Waals surface area contributed by atoms with Gasteiger partial charge in [-0.3, -0.25) is 4.79 Å². The van der Waals surface area contributed by atoms with Crippen LogP contribution in [0.4, 0.5) is 0 Å². The summed E-state index contributed by atoms with van der Waals surface area (Å²) in [6, 6.07) is 22.7. The van der Waals surface area contributed by atoms with E-state index in [0.29, 0.717) is 26.9 Å². The Morgan fingerprint density at radius 2 is 1.67 bits per heavy atom. The van der Waals surface area contributed by atoms with Crippen molar-refractivity contribution in [3.8, 4) is 5.75 Å². The van der Waals surface area contributed by atoms with Crippen LogP contribution < -0.4 is 10.2 Å². The Morgan fingerprint density at radius 1 is 0.926 bits per heavy atom. The van der Waals surface area contributed by atoms with Crippen LogP contribution in [0.2, 0.25) is 0 Å². The Hall–Kier alpha value is -3.25. The average Bonchev–Trinajstić information content (AvgIpc) is 2.69. The number of benzene rings is 3. The van der Waals surface area contributed by atoms with E-state index in [1.165, 1.54) is 6.21 Å². The molecule has 0 spiro atoms. The van der Waals surface area contributed by atoms with Crippen LogP contribution in [0.25, 0.3) is 0 Å². The highest BCUT2D eigenvalue weighted by atomic mass is 79.9. The fourth-order valence-corrected chi connectivity index (χ4v) is 2.73. The lowest BCUT2D eigenvalue weighted by Gasteiger charge is -2.05. The minimum Gasteiger partial charge on any atom is -0.423 e. The molecule has 0 atom stereocenters. The Morgan fingerprint density at radius 3 is 2.44 bits per heavy atom. The van der Waals surface area contributed by atoms with Crippen LogP contribution >= 0.6 is 15.9 Å². The molecule has 0 bridgehead atoms. The predicted octanol–water partition coefficient (Wildman–Crippen LogP) is 4.43. The number of halogens is 1. The summed E-state index contributed by atoms with van der Waals surface area (Å²) in [6.45, 7) is 0. The molecular weight excluding hydrogens is 408 g/mol. The third kappa shape index (κ3) is 5.12. The minimum absolute atomic E-state index is 0.328. The number of rotatable bonds is 5. The highest BCUT2D eigenvalue weighted by Crippen LogP contribution is 2.16. The van der Waals surface area contributed by atoms with Crippen molar-refractivity contribution in [2.45, 2.75) is 0 Å². The van der Waals surface area contributed by atoms with Gasteiger partial charge in [-0.25, -0.2) is 10.2 Å². The second-order valence-corrected chi connectivity index (χ2v) is 6.36. The first-order chi connectivity index (χ1) is 13.1. The molecule has 1 N–H and O–H groups in total. The van der Waals surface area contributed by atoms with Gasteiger partial charge in [-0.15, -0.1) is 0 Å². The number of amides is 1. The molecule has 0 aliphatic rings. The first-order valence-electron chi connectivity index (χ1n) is 8.09. The molecule has 0 heterocycles. The van der Waals surface area contributed by atoms with Crippen LogP contribution in [0.1, 0.15) is 26.3 Å². The van der Waals surface area contributed by atoms with Crippen molar-refractivity contribution in [1.29, 1.82) is 0 Å². The fraction of sp³-hybridized carbons (Fsp3) is 0. The number of hydrogen-bond acceptors (Lipinski definition) is 4. The second kappa shape index (κ2) is 8.91. The normalized spacial score (nSPS) is 10.6. The summed E-state index contributed by atoms with van der Waals surface area (Å²) in [5, 5.41) is 3.95. The predicted molar refractivity (Wildman–Crippen MR) is 107 cm³/mol. The maximum atomic E-state index is 12.1. The van der Waals surface area contributed by atoms with E-state index in [-0.39, 0.29) is 5.91 Å². The van der Waals surface area contributed by atoms with Crippen molar-refractivity contribution in [3.63, 3.8) is 0 Å². The molecule has 0 unspecified atom stereocenters. The number of carbonyl (C=O) groups is 2. The molecule has 6 heteroatoms. The molecule has 3 aromatic carbocycles. The van der Waals surface area contributed by atoms with E-state index in [4.69, 9.17) is 4.74 Å². The Labute approximate surface area is 164 Å². The third-order valence-corrected chi connectivity index (χ3v) is 4.27. The van der Waals surface area contributed by atoms with Gasteiger partial charge in [0.2, 0.25) is 0 Å². The van der Waals surface area contributed by atoms with Crippen molar-refractivity contribution in [1.82, 2.24) is 5.43 Å². The molecule has 0 radical (unpaired) electrons. The van der Waals surface area contributed by atoms with Crippen molar-refractivity contribution in [3.05, 3.63) is 100 Å². The number of hydrogen-bond donors (Lipinski definition) is 1. The molecule has 3 rings (SSSR count). The van der Waals surface area contributed by atoms with Crippen molar-refractivity contribution in [2.75, 3.05) is 0 Å². The van der Waals surface area contributed by atoms with Crippen LogP contribution in [-0.2, 0) is 0 Å². The third-order valence-electron chi connectivity index (χ3n) is 3.58. The van der Waals surface area contributed by atoms with Gasteiger partial charge in [-0.05, 0) is 57.9 Å². The average molecular weight is 423 g/mol. The highest BCUT2D eigenvalue weighted by Gasteiger charge is 2.09. The van der Waals surface area contributed by atoms with Crippen molar-refractivity contribution in [2.24, 2.45) is 5.10 Å². The lowest BCUT2D eigenvalue weighted by atomic mass is 10.2. The SMILES string of the molecule is O=C(Oc1cccc(C=NNC(=O)c2ccccc2Br)c1)c1ccccc1. The van der Waals surface area contributed by atoms with Crippen LogP contribution in [0.15, 0.2) is 88.4 Å². The zero-order valence-corrected chi connectivity index (χ0v) is 15.7. The molecule has 0 saturated heterocycles. The Balaban J connectivity index is 1.64. The van der Waals surface area contributed by atoms with E-state index in [1.807, 2.05) is 12.1 Å². The maximum absolute atomic E-state index is 12.1. The molecule has 134 valence electrons. The van der Waals surface area contributed by atoms with E-state index >= 15 is 0 Å². The zero-order valence-electron chi connectivity index (χ0n) is 14.1. The first-order valence-corrected chi connectivity index (χ1v) is 8.88. The smallest absolute Gasteiger partial charge is 0.343 e. The van der Waals surface area contributed by atoms with E-state index in [2.05, 4.69) is 26.5 Å². The molecule has 0 fully saturated rings. The first kappa shape index (κ1) is 18.5. The van der Waals surface area contributed by atoms with Gasteiger partial charge in [-0.1, -0.05) is 42.5 Å². The van der Waals surface area contributed by atoms with E-state index in [9.17, 15) is 9.59 Å². The number of ether oxygens (including phenoxy) is 1. The summed E-state index contributed by atoms with van der Waals surface area (Å²) in [5.74, 6) is -0.373. The molecule has 0 saturated carbocycles. The van der Waals surface area contributed by atoms with E-state index < -0.39 is 5.97 Å². The van der Waals surface area contributed by atoms with Gasteiger partial charge >= 0.3 is 5.97 Å². The number of esters is 1. The van der Waals surface area contributed by atoms with E-state index in [0.717, 1.165) is 0 Å². The quantitative estimate of drug-likeness (QED) is 0.286. The molecule has 0 aliphatic heterocycles. The van der Waals surface area contributed by atoms with Gasteiger partial charge in [0.25, 0.3) is 5.91 Å². The molecule has 3 aromatic rings. The number of nitrogens with one attached hydrogen (secondary N) is 1. The van der Waals surface area contributed by atoms with E-state index in [1.54, 1.807) is 66.7 Å². The van der Waals surface area contributed by atoms with Gasteiger partial charge in [-0.2, -0.15) is 5.10 Å². The summed E-state index contributed by atoms with van der Waals surface area (Å²) < 4.78 is 6.05. The molecular formula is C21H15BrN2O3. The van der Waals surface area contributed by atoms with Gasteiger partial charge in [0, 0.05) is 4.47 Å². The molecule has 0 aromatic heterocycles. The second-order valence-electron chi connectivity index (χ2n) is 5.51. The Bertz CT molecular complexity index is 987. The summed E-state index contributed by atoms with van der Waals surface area (Å²) >= 11 is 3.32. The number of hydrazone groups is 1. The molecule has 5 nitrogen and oxygen atoms in total. The van der Waals surface area contributed by atoms with Gasteiger partial charge in [0.05, 0.1) is 17.3 Å². The lowest BCUT2D eigenvalue weighted by Crippen LogP contribution is -2.18. The molecule has 1 amide bonds. The van der Waals surface area contributed by atoms with Crippen LogP contribution in [0.3, 0.4) is 0 Å². The number of carbonyl (C=O) groups excluding carboxylic acids is 2. The monoisotopic (exact) mass is 422 g/mol. The standard InChI is InChI=1S/C21H15BrN2O3/c22-19-12-5-4-11-18(19)20(25)24-23-14-15-7-6-10-17(13-15)27-21(26)16-8-2-1-3-9-16/h1-14H,(H,24,25). The largest absolute Gasteiger partial charge is 0.423 e. The topological polar surface area (TPSA) is 67.8 Å². The van der Waals surface area contributed by atoms with Gasteiger partial charge in [0.15, 0.2) is 0 Å². The number of nitrogens with zero attached hydrogens (tertiary/aromatic N) is 1. The Kier molecular flexibility index (Phi) is 6.12. The fourth-order valence-electron chi connectivity index (χ4n) is 2.27. The molecule has 0 aliphatic carbocycles.